The van der Waals surface area contributed by atoms with Crippen molar-refractivity contribution in [3.05, 3.63) is 107 Å². The van der Waals surface area contributed by atoms with E-state index < -0.39 is 15.0 Å². The molecule has 0 aliphatic rings. The van der Waals surface area contributed by atoms with Gasteiger partial charge in [-0.1, -0.05) is 78.9 Å². The summed E-state index contributed by atoms with van der Waals surface area (Å²) >= 11 is 0. The molecule has 0 aromatic heterocycles. The van der Waals surface area contributed by atoms with Crippen molar-refractivity contribution in [1.29, 1.82) is 0 Å². The standard InChI is InChI=1S/C20H15FO2S/c21-20(24(22,23)18-14-8-3-9-15-18)19(16-10-4-1-5-11-16)17-12-6-2-7-13-17/h1-15H. The predicted octanol–water partition coefficient (Wildman–Crippen LogP) is 4.85. The first-order chi connectivity index (χ1) is 11.6. The van der Waals surface area contributed by atoms with E-state index in [0.717, 1.165) is 0 Å². The molecule has 24 heavy (non-hydrogen) atoms. The van der Waals surface area contributed by atoms with Crippen LogP contribution in [0.3, 0.4) is 0 Å². The summed E-state index contributed by atoms with van der Waals surface area (Å²) in [5, 5.41) is -1.15. The Bertz CT molecular complexity index is 907. The van der Waals surface area contributed by atoms with Gasteiger partial charge < -0.3 is 0 Å². The molecule has 0 N–H and O–H groups in total. The highest BCUT2D eigenvalue weighted by Gasteiger charge is 2.26. The maximum Gasteiger partial charge on any atom is 0.233 e. The molecule has 120 valence electrons. The van der Waals surface area contributed by atoms with Gasteiger partial charge in [0.25, 0.3) is 0 Å². The van der Waals surface area contributed by atoms with Gasteiger partial charge in [-0.3, -0.25) is 0 Å². The van der Waals surface area contributed by atoms with Crippen LogP contribution < -0.4 is 0 Å². The molecule has 0 atom stereocenters. The van der Waals surface area contributed by atoms with Gasteiger partial charge in [-0.15, -0.1) is 0 Å². The van der Waals surface area contributed by atoms with Gasteiger partial charge in [0, 0.05) is 5.57 Å². The van der Waals surface area contributed by atoms with Crippen molar-refractivity contribution in [3.63, 3.8) is 0 Å². The lowest BCUT2D eigenvalue weighted by molar-refractivity contribution is 0.578. The number of benzene rings is 3. The fourth-order valence-electron chi connectivity index (χ4n) is 2.44. The summed E-state index contributed by atoms with van der Waals surface area (Å²) < 4.78 is 40.6. The van der Waals surface area contributed by atoms with Crippen molar-refractivity contribution in [2.24, 2.45) is 0 Å². The van der Waals surface area contributed by atoms with E-state index in [9.17, 15) is 8.42 Å². The average Bonchev–Trinajstić information content (AvgIpc) is 2.64. The fraction of sp³-hybridized carbons (Fsp3) is 0. The van der Waals surface area contributed by atoms with Crippen LogP contribution in [0.1, 0.15) is 11.1 Å². The number of sulfone groups is 1. The number of rotatable bonds is 4. The highest BCUT2D eigenvalue weighted by Crippen LogP contribution is 2.33. The van der Waals surface area contributed by atoms with E-state index >= 15 is 4.39 Å². The molecule has 3 rings (SSSR count). The summed E-state index contributed by atoms with van der Waals surface area (Å²) in [6, 6.07) is 25.0. The average molecular weight is 338 g/mol. The lowest BCUT2D eigenvalue weighted by Crippen LogP contribution is -2.05. The van der Waals surface area contributed by atoms with Gasteiger partial charge in [-0.05, 0) is 23.3 Å². The third-order valence-electron chi connectivity index (χ3n) is 3.61. The molecule has 0 unspecified atom stereocenters. The highest BCUT2D eigenvalue weighted by atomic mass is 32.2. The molecule has 0 aliphatic carbocycles. The lowest BCUT2D eigenvalue weighted by Gasteiger charge is -2.11. The minimum atomic E-state index is -4.22. The lowest BCUT2D eigenvalue weighted by atomic mass is 9.99. The van der Waals surface area contributed by atoms with Gasteiger partial charge >= 0.3 is 0 Å². The first-order valence-electron chi connectivity index (χ1n) is 7.41. The fourth-order valence-corrected chi connectivity index (χ4v) is 3.67. The van der Waals surface area contributed by atoms with E-state index in [1.54, 1.807) is 78.9 Å². The Morgan fingerprint density at radius 3 is 1.42 bits per heavy atom. The highest BCUT2D eigenvalue weighted by molar-refractivity contribution is 7.95. The van der Waals surface area contributed by atoms with Crippen LogP contribution in [0.5, 0.6) is 0 Å². The Balaban J connectivity index is 2.27. The van der Waals surface area contributed by atoms with Crippen LogP contribution in [0.4, 0.5) is 4.39 Å². The first-order valence-corrected chi connectivity index (χ1v) is 8.90. The Kier molecular flexibility index (Phi) is 4.58. The Morgan fingerprint density at radius 1 is 0.625 bits per heavy atom. The van der Waals surface area contributed by atoms with E-state index in [-0.39, 0.29) is 10.5 Å². The minimum Gasteiger partial charge on any atom is -0.216 e. The van der Waals surface area contributed by atoms with Crippen LogP contribution in [-0.2, 0) is 9.84 Å². The van der Waals surface area contributed by atoms with E-state index in [0.29, 0.717) is 11.1 Å². The summed E-state index contributed by atoms with van der Waals surface area (Å²) in [4.78, 5) is -0.0631. The second kappa shape index (κ2) is 6.81. The molecule has 0 radical (unpaired) electrons. The molecule has 3 aromatic carbocycles. The smallest absolute Gasteiger partial charge is 0.216 e. The van der Waals surface area contributed by atoms with Crippen molar-refractivity contribution in [2.45, 2.75) is 4.90 Å². The van der Waals surface area contributed by atoms with E-state index in [1.165, 1.54) is 12.1 Å². The Hall–Kier alpha value is -2.72. The summed E-state index contributed by atoms with van der Waals surface area (Å²) in [6.07, 6.45) is 0. The molecule has 0 bridgehead atoms. The summed E-state index contributed by atoms with van der Waals surface area (Å²) in [5.74, 6) is 0. The van der Waals surface area contributed by atoms with Crippen LogP contribution in [0.25, 0.3) is 5.57 Å². The maximum absolute atomic E-state index is 15.2. The minimum absolute atomic E-state index is 0.0631. The summed E-state index contributed by atoms with van der Waals surface area (Å²) in [7, 11) is -4.22. The number of hydrogen-bond donors (Lipinski definition) is 0. The molecular weight excluding hydrogens is 323 g/mol. The summed E-state index contributed by atoms with van der Waals surface area (Å²) in [6.45, 7) is 0. The SMILES string of the molecule is O=S(=O)(C(F)=C(c1ccccc1)c1ccccc1)c1ccccc1. The molecule has 3 aromatic rings. The molecule has 4 heteroatoms. The Labute approximate surface area is 140 Å². The van der Waals surface area contributed by atoms with Gasteiger partial charge in [0.15, 0.2) is 0 Å². The van der Waals surface area contributed by atoms with Crippen molar-refractivity contribution < 1.29 is 12.8 Å². The van der Waals surface area contributed by atoms with Crippen LogP contribution >= 0.6 is 0 Å². The van der Waals surface area contributed by atoms with Crippen molar-refractivity contribution in [2.75, 3.05) is 0 Å². The second-order valence-corrected chi connectivity index (χ2v) is 7.03. The quantitative estimate of drug-likeness (QED) is 0.682. The van der Waals surface area contributed by atoms with Crippen LogP contribution in [-0.4, -0.2) is 8.42 Å². The number of halogens is 1. The van der Waals surface area contributed by atoms with E-state index in [2.05, 4.69) is 0 Å². The molecule has 0 heterocycles. The number of hydrogen-bond acceptors (Lipinski definition) is 2. The van der Waals surface area contributed by atoms with Crippen LogP contribution in [0, 0.1) is 0 Å². The molecule has 0 amide bonds. The van der Waals surface area contributed by atoms with Crippen LogP contribution in [0.15, 0.2) is 101 Å². The third-order valence-corrected chi connectivity index (χ3v) is 5.18. The zero-order valence-electron chi connectivity index (χ0n) is 12.8. The van der Waals surface area contributed by atoms with E-state index in [4.69, 9.17) is 0 Å². The van der Waals surface area contributed by atoms with Gasteiger partial charge in [-0.25, -0.2) is 8.42 Å². The van der Waals surface area contributed by atoms with Gasteiger partial charge in [0.2, 0.25) is 15.0 Å². The third kappa shape index (κ3) is 3.14. The molecular formula is C20H15FO2S. The molecule has 0 fully saturated rings. The largest absolute Gasteiger partial charge is 0.233 e. The molecule has 0 aliphatic heterocycles. The van der Waals surface area contributed by atoms with Crippen molar-refractivity contribution >= 4 is 15.4 Å². The predicted molar refractivity (Wildman–Crippen MR) is 93.6 cm³/mol. The second-order valence-electron chi connectivity index (χ2n) is 5.20. The van der Waals surface area contributed by atoms with Crippen molar-refractivity contribution in [1.82, 2.24) is 0 Å². The molecule has 2 nitrogen and oxygen atoms in total. The van der Waals surface area contributed by atoms with Gasteiger partial charge in [0.1, 0.15) is 0 Å². The zero-order chi connectivity index (χ0) is 17.0. The van der Waals surface area contributed by atoms with Gasteiger partial charge in [0.05, 0.1) is 4.90 Å². The topological polar surface area (TPSA) is 34.1 Å². The summed E-state index contributed by atoms with van der Waals surface area (Å²) in [5.41, 5.74) is 1.10. The first kappa shape index (κ1) is 16.1. The molecule has 0 saturated heterocycles. The monoisotopic (exact) mass is 338 g/mol. The Morgan fingerprint density at radius 2 is 1.00 bits per heavy atom. The zero-order valence-corrected chi connectivity index (χ0v) is 13.6. The molecule has 0 saturated carbocycles. The van der Waals surface area contributed by atoms with Gasteiger partial charge in [-0.2, -0.15) is 4.39 Å². The normalized spacial score (nSPS) is 11.0. The molecule has 0 spiro atoms. The van der Waals surface area contributed by atoms with Crippen molar-refractivity contribution in [3.8, 4) is 0 Å². The van der Waals surface area contributed by atoms with E-state index in [1.807, 2.05) is 0 Å². The van der Waals surface area contributed by atoms with Crippen LogP contribution in [0.2, 0.25) is 0 Å². The maximum atomic E-state index is 15.2.